The minimum Gasteiger partial charge on any atom is -0.312 e. The molecule has 0 aliphatic carbocycles. The Morgan fingerprint density at radius 1 is 1.14 bits per heavy atom. The van der Waals surface area contributed by atoms with Crippen molar-refractivity contribution in [2.75, 3.05) is 5.32 Å². The van der Waals surface area contributed by atoms with Crippen LogP contribution < -0.4 is 5.32 Å². The summed E-state index contributed by atoms with van der Waals surface area (Å²) in [5, 5.41) is 14.8. The molecule has 0 aliphatic heterocycles. The van der Waals surface area contributed by atoms with Crippen LogP contribution in [0, 0.1) is 17.1 Å². The number of carbonyl (C=O) groups excluding carboxylic acids is 1. The lowest BCUT2D eigenvalue weighted by molar-refractivity contribution is 0.102. The maximum Gasteiger partial charge on any atom is 0.256 e. The number of nitrogens with zero attached hydrogens (tertiary/aromatic N) is 1. The third-order valence-corrected chi connectivity index (χ3v) is 3.96. The fourth-order valence-electron chi connectivity index (χ4n) is 2.12. The van der Waals surface area contributed by atoms with E-state index in [1.807, 2.05) is 6.07 Å². The molecule has 21 heavy (non-hydrogen) atoms. The molecule has 0 spiro atoms. The van der Waals surface area contributed by atoms with Gasteiger partial charge < -0.3 is 5.32 Å². The molecule has 0 radical (unpaired) electrons. The summed E-state index contributed by atoms with van der Waals surface area (Å²) in [5.41, 5.74) is 0.795. The molecule has 0 saturated heterocycles. The summed E-state index contributed by atoms with van der Waals surface area (Å²) < 4.78 is 13.8. The first-order chi connectivity index (χ1) is 10.2. The zero-order valence-corrected chi connectivity index (χ0v) is 11.6. The Bertz CT molecular complexity index is 879. The molecule has 2 aromatic carbocycles. The van der Waals surface area contributed by atoms with Gasteiger partial charge in [0.05, 0.1) is 5.56 Å². The molecule has 0 bridgehead atoms. The van der Waals surface area contributed by atoms with Crippen LogP contribution in [0.15, 0.2) is 47.8 Å². The average molecular weight is 296 g/mol. The fourth-order valence-corrected chi connectivity index (χ4v) is 2.86. The van der Waals surface area contributed by atoms with Crippen molar-refractivity contribution in [1.82, 2.24) is 0 Å². The fraction of sp³-hybridized carbons (Fsp3) is 0. The lowest BCUT2D eigenvalue weighted by atomic mass is 10.0. The van der Waals surface area contributed by atoms with Gasteiger partial charge in [-0.2, -0.15) is 5.26 Å². The van der Waals surface area contributed by atoms with Gasteiger partial charge in [-0.25, -0.2) is 4.39 Å². The number of nitriles is 1. The largest absolute Gasteiger partial charge is 0.312 e. The van der Waals surface area contributed by atoms with Crippen LogP contribution in [0.1, 0.15) is 15.9 Å². The predicted octanol–water partition coefficient (Wildman–Crippen LogP) is 4.16. The summed E-state index contributed by atoms with van der Waals surface area (Å²) in [4.78, 5) is 12.4. The van der Waals surface area contributed by atoms with Gasteiger partial charge in [0.15, 0.2) is 0 Å². The zero-order valence-electron chi connectivity index (χ0n) is 10.8. The highest BCUT2D eigenvalue weighted by molar-refractivity contribution is 7.14. The van der Waals surface area contributed by atoms with Crippen molar-refractivity contribution in [1.29, 1.82) is 5.26 Å². The van der Waals surface area contributed by atoms with E-state index < -0.39 is 0 Å². The van der Waals surface area contributed by atoms with Gasteiger partial charge in [0.25, 0.3) is 5.91 Å². The van der Waals surface area contributed by atoms with E-state index in [2.05, 4.69) is 5.32 Å². The number of rotatable bonds is 2. The van der Waals surface area contributed by atoms with Gasteiger partial charge in [-0.15, -0.1) is 11.3 Å². The van der Waals surface area contributed by atoms with Crippen molar-refractivity contribution in [2.45, 2.75) is 0 Å². The molecule has 102 valence electrons. The van der Waals surface area contributed by atoms with Gasteiger partial charge in [0, 0.05) is 10.9 Å². The minimum atomic E-state index is -0.365. The van der Waals surface area contributed by atoms with Crippen LogP contribution in [0.2, 0.25) is 0 Å². The summed E-state index contributed by atoms with van der Waals surface area (Å²) in [7, 11) is 0. The zero-order chi connectivity index (χ0) is 14.8. The second-order valence-electron chi connectivity index (χ2n) is 4.37. The topological polar surface area (TPSA) is 52.9 Å². The van der Waals surface area contributed by atoms with Crippen molar-refractivity contribution in [2.24, 2.45) is 0 Å². The summed E-state index contributed by atoms with van der Waals surface area (Å²) in [6.45, 7) is 0. The second-order valence-corrected chi connectivity index (χ2v) is 5.29. The monoisotopic (exact) mass is 296 g/mol. The molecule has 3 rings (SSSR count). The smallest absolute Gasteiger partial charge is 0.256 e. The molecule has 1 N–H and O–H groups in total. The molecular formula is C16H9FN2OS. The number of nitrogens with one attached hydrogen (secondary N) is 1. The third-order valence-electron chi connectivity index (χ3n) is 3.13. The van der Waals surface area contributed by atoms with Crippen LogP contribution in [-0.2, 0) is 0 Å². The normalized spacial score (nSPS) is 10.3. The van der Waals surface area contributed by atoms with E-state index in [1.165, 1.54) is 23.5 Å². The Morgan fingerprint density at radius 3 is 2.67 bits per heavy atom. The Morgan fingerprint density at radius 2 is 1.90 bits per heavy atom. The summed E-state index contributed by atoms with van der Waals surface area (Å²) in [5.74, 6) is -0.721. The first-order valence-electron chi connectivity index (χ1n) is 6.17. The molecule has 5 heteroatoms. The molecular weight excluding hydrogens is 287 g/mol. The highest BCUT2D eigenvalue weighted by Gasteiger charge is 2.14. The maximum absolute atomic E-state index is 13.8. The standard InChI is InChI=1S/C16H9FN2OS/c17-14-6-5-13(11-3-1-2-4-12(11)14)15(20)19-16-10(9-18)7-8-21-16/h1-8H,(H,19,20). The van der Waals surface area contributed by atoms with E-state index in [1.54, 1.807) is 35.7 Å². The second kappa shape index (κ2) is 5.35. The number of amides is 1. The minimum absolute atomic E-state index is 0.356. The Kier molecular flexibility index (Phi) is 3.38. The van der Waals surface area contributed by atoms with Crippen LogP contribution >= 0.6 is 11.3 Å². The first kappa shape index (κ1) is 13.3. The van der Waals surface area contributed by atoms with Crippen molar-refractivity contribution in [3.05, 3.63) is 64.8 Å². The van der Waals surface area contributed by atoms with Gasteiger partial charge in [0.2, 0.25) is 0 Å². The maximum atomic E-state index is 13.8. The van der Waals surface area contributed by atoms with Crippen molar-refractivity contribution < 1.29 is 9.18 Å². The van der Waals surface area contributed by atoms with Gasteiger partial charge >= 0.3 is 0 Å². The predicted molar refractivity (Wildman–Crippen MR) is 80.9 cm³/mol. The first-order valence-corrected chi connectivity index (χ1v) is 7.05. The molecule has 0 fully saturated rings. The molecule has 0 unspecified atom stereocenters. The van der Waals surface area contributed by atoms with Crippen LogP contribution in [0.4, 0.5) is 9.39 Å². The number of anilines is 1. The number of fused-ring (bicyclic) bond motifs is 1. The van der Waals surface area contributed by atoms with Gasteiger partial charge in [0.1, 0.15) is 16.9 Å². The van der Waals surface area contributed by atoms with Gasteiger partial charge in [-0.1, -0.05) is 24.3 Å². The molecule has 0 atom stereocenters. The quantitative estimate of drug-likeness (QED) is 0.771. The number of halogens is 1. The molecule has 3 aromatic rings. The van der Waals surface area contributed by atoms with Crippen LogP contribution in [0.5, 0.6) is 0 Å². The molecule has 1 aromatic heterocycles. The van der Waals surface area contributed by atoms with Crippen molar-refractivity contribution >= 4 is 33.0 Å². The van der Waals surface area contributed by atoms with Crippen LogP contribution in [0.25, 0.3) is 10.8 Å². The Balaban J connectivity index is 2.03. The van der Waals surface area contributed by atoms with E-state index in [-0.39, 0.29) is 11.7 Å². The third kappa shape index (κ3) is 2.37. The SMILES string of the molecule is N#Cc1ccsc1NC(=O)c1ccc(F)c2ccccc12. The average Bonchev–Trinajstić information content (AvgIpc) is 2.95. The van der Waals surface area contributed by atoms with E-state index >= 15 is 0 Å². The highest BCUT2D eigenvalue weighted by atomic mass is 32.1. The molecule has 3 nitrogen and oxygen atoms in total. The number of hydrogen-bond acceptors (Lipinski definition) is 3. The van der Waals surface area contributed by atoms with Crippen LogP contribution in [0.3, 0.4) is 0 Å². The van der Waals surface area contributed by atoms with E-state index in [0.29, 0.717) is 26.9 Å². The number of benzene rings is 2. The Labute approximate surface area is 124 Å². The summed E-state index contributed by atoms with van der Waals surface area (Å²) >= 11 is 1.28. The highest BCUT2D eigenvalue weighted by Crippen LogP contribution is 2.26. The Hall–Kier alpha value is -2.71. The molecule has 0 aliphatic rings. The number of carbonyl (C=O) groups is 1. The van der Waals surface area contributed by atoms with Gasteiger partial charge in [-0.3, -0.25) is 4.79 Å². The van der Waals surface area contributed by atoms with E-state index in [0.717, 1.165) is 0 Å². The summed E-state index contributed by atoms with van der Waals surface area (Å²) in [6.07, 6.45) is 0. The van der Waals surface area contributed by atoms with E-state index in [9.17, 15) is 9.18 Å². The summed E-state index contributed by atoms with van der Waals surface area (Å²) in [6, 6.07) is 13.2. The lowest BCUT2D eigenvalue weighted by Gasteiger charge is -2.07. The molecule has 1 amide bonds. The molecule has 0 saturated carbocycles. The molecule has 1 heterocycles. The van der Waals surface area contributed by atoms with E-state index in [4.69, 9.17) is 5.26 Å². The van der Waals surface area contributed by atoms with Crippen molar-refractivity contribution in [3.63, 3.8) is 0 Å². The van der Waals surface area contributed by atoms with Crippen molar-refractivity contribution in [3.8, 4) is 6.07 Å². The number of hydrogen-bond donors (Lipinski definition) is 1. The van der Waals surface area contributed by atoms with Crippen LogP contribution in [-0.4, -0.2) is 5.91 Å². The lowest BCUT2D eigenvalue weighted by Crippen LogP contribution is -2.12. The van der Waals surface area contributed by atoms with Gasteiger partial charge in [-0.05, 0) is 29.0 Å². The number of thiophene rings is 1.